The van der Waals surface area contributed by atoms with Crippen LogP contribution in [0.25, 0.3) is 6.08 Å². The van der Waals surface area contributed by atoms with Crippen LogP contribution in [0.15, 0.2) is 60.7 Å². The highest BCUT2D eigenvalue weighted by Gasteiger charge is 1.99. The molecule has 2 rings (SSSR count). The van der Waals surface area contributed by atoms with Crippen molar-refractivity contribution in [3.8, 4) is 11.5 Å². The molecular weight excluding hydrogens is 268 g/mol. The average Bonchev–Trinajstić information content (AvgIpc) is 2.47. The van der Waals surface area contributed by atoms with Crippen LogP contribution in [0, 0.1) is 0 Å². The first-order chi connectivity index (χ1) is 10.1. The molecule has 0 aromatic heterocycles. The molecule has 21 heavy (non-hydrogen) atoms. The highest BCUT2D eigenvalue weighted by atomic mass is 16.5. The Bertz CT molecular complexity index is 649. The van der Waals surface area contributed by atoms with Crippen molar-refractivity contribution in [2.24, 2.45) is 5.73 Å². The van der Waals surface area contributed by atoms with E-state index in [0.29, 0.717) is 5.75 Å². The van der Waals surface area contributed by atoms with Crippen LogP contribution in [-0.4, -0.2) is 11.9 Å². The fourth-order valence-corrected chi connectivity index (χ4v) is 1.61. The number of primary amides is 1. The van der Waals surface area contributed by atoms with Crippen molar-refractivity contribution in [1.29, 1.82) is 0 Å². The molecule has 2 aromatic rings. The van der Waals surface area contributed by atoms with Crippen molar-refractivity contribution in [2.45, 2.75) is 0 Å². The Morgan fingerprint density at radius 2 is 1.57 bits per heavy atom. The van der Waals surface area contributed by atoms with E-state index in [9.17, 15) is 9.59 Å². The molecule has 5 heteroatoms. The molecule has 0 bridgehead atoms. The summed E-state index contributed by atoms with van der Waals surface area (Å²) < 4.78 is 5.65. The molecule has 106 valence electrons. The lowest BCUT2D eigenvalue weighted by molar-refractivity contribution is -0.115. The van der Waals surface area contributed by atoms with E-state index in [4.69, 9.17) is 10.5 Å². The van der Waals surface area contributed by atoms with Gasteiger partial charge in [-0.2, -0.15) is 0 Å². The van der Waals surface area contributed by atoms with Crippen molar-refractivity contribution in [3.05, 3.63) is 66.2 Å². The van der Waals surface area contributed by atoms with Crippen LogP contribution in [0.4, 0.5) is 4.79 Å². The number of urea groups is 1. The van der Waals surface area contributed by atoms with Gasteiger partial charge in [0, 0.05) is 6.08 Å². The van der Waals surface area contributed by atoms with Gasteiger partial charge in [-0.15, -0.1) is 0 Å². The smallest absolute Gasteiger partial charge is 0.319 e. The maximum Gasteiger partial charge on any atom is 0.319 e. The molecule has 5 nitrogen and oxygen atoms in total. The van der Waals surface area contributed by atoms with E-state index >= 15 is 0 Å². The van der Waals surface area contributed by atoms with Crippen LogP contribution >= 0.6 is 0 Å². The van der Waals surface area contributed by atoms with E-state index in [0.717, 1.165) is 11.3 Å². The zero-order valence-corrected chi connectivity index (χ0v) is 11.2. The summed E-state index contributed by atoms with van der Waals surface area (Å²) in [6.07, 6.45) is 2.81. The van der Waals surface area contributed by atoms with E-state index < -0.39 is 11.9 Å². The van der Waals surface area contributed by atoms with Crippen LogP contribution < -0.4 is 15.8 Å². The molecule has 3 N–H and O–H groups in total. The molecule has 0 aliphatic carbocycles. The Labute approximate surface area is 122 Å². The molecule has 0 atom stereocenters. The summed E-state index contributed by atoms with van der Waals surface area (Å²) in [6, 6.07) is 15.7. The number of carbonyl (C=O) groups excluding carboxylic acids is 2. The van der Waals surface area contributed by atoms with E-state index in [1.807, 2.05) is 35.6 Å². The summed E-state index contributed by atoms with van der Waals surface area (Å²) >= 11 is 0. The van der Waals surface area contributed by atoms with Crippen LogP contribution in [-0.2, 0) is 4.79 Å². The predicted molar refractivity (Wildman–Crippen MR) is 79.7 cm³/mol. The van der Waals surface area contributed by atoms with Crippen LogP contribution in [0.5, 0.6) is 11.5 Å². The largest absolute Gasteiger partial charge is 0.457 e. The molecule has 0 aliphatic heterocycles. The van der Waals surface area contributed by atoms with Gasteiger partial charge in [0.05, 0.1) is 0 Å². The van der Waals surface area contributed by atoms with Crippen molar-refractivity contribution in [3.63, 3.8) is 0 Å². The van der Waals surface area contributed by atoms with Crippen molar-refractivity contribution in [1.82, 2.24) is 5.32 Å². The van der Waals surface area contributed by atoms with E-state index in [-0.39, 0.29) is 0 Å². The lowest BCUT2D eigenvalue weighted by Gasteiger charge is -2.05. The zero-order valence-electron chi connectivity index (χ0n) is 11.2. The second-order valence-electron chi connectivity index (χ2n) is 4.17. The summed E-state index contributed by atoms with van der Waals surface area (Å²) in [6.45, 7) is 0. The Kier molecular flexibility index (Phi) is 4.71. The highest BCUT2D eigenvalue weighted by Crippen LogP contribution is 2.21. The van der Waals surface area contributed by atoms with Gasteiger partial charge in [-0.05, 0) is 35.9 Å². The number of imide groups is 1. The van der Waals surface area contributed by atoms with E-state index in [2.05, 4.69) is 0 Å². The zero-order chi connectivity index (χ0) is 15.1. The van der Waals surface area contributed by atoms with Gasteiger partial charge < -0.3 is 10.5 Å². The molecule has 0 saturated carbocycles. The molecule has 0 heterocycles. The van der Waals surface area contributed by atoms with E-state index in [1.54, 1.807) is 30.3 Å². The second kappa shape index (κ2) is 6.91. The molecule has 0 radical (unpaired) electrons. The molecular formula is C16H14N2O3. The topological polar surface area (TPSA) is 81.4 Å². The summed E-state index contributed by atoms with van der Waals surface area (Å²) in [4.78, 5) is 21.7. The maximum atomic E-state index is 11.2. The second-order valence-corrected chi connectivity index (χ2v) is 4.17. The molecule has 2 aromatic carbocycles. The highest BCUT2D eigenvalue weighted by molar-refractivity contribution is 6.01. The number of rotatable bonds is 4. The Balaban J connectivity index is 1.97. The first-order valence-electron chi connectivity index (χ1n) is 6.25. The van der Waals surface area contributed by atoms with Gasteiger partial charge in [0.2, 0.25) is 0 Å². The van der Waals surface area contributed by atoms with Crippen molar-refractivity contribution < 1.29 is 14.3 Å². The van der Waals surface area contributed by atoms with Crippen molar-refractivity contribution >= 4 is 18.0 Å². The van der Waals surface area contributed by atoms with Gasteiger partial charge in [0.25, 0.3) is 5.91 Å². The SMILES string of the molecule is NC(=O)NC(=O)C=Cc1ccc(Oc2ccccc2)cc1. The lowest BCUT2D eigenvalue weighted by Crippen LogP contribution is -2.33. The number of para-hydroxylation sites is 1. The predicted octanol–water partition coefficient (Wildman–Crippen LogP) is 2.69. The third-order valence-corrected chi connectivity index (χ3v) is 2.53. The molecule has 3 amide bonds. The normalized spacial score (nSPS) is 10.3. The van der Waals surface area contributed by atoms with Crippen LogP contribution in [0.3, 0.4) is 0 Å². The lowest BCUT2D eigenvalue weighted by atomic mass is 10.2. The van der Waals surface area contributed by atoms with Gasteiger partial charge in [0.15, 0.2) is 0 Å². The Morgan fingerprint density at radius 1 is 0.952 bits per heavy atom. The minimum Gasteiger partial charge on any atom is -0.457 e. The number of nitrogens with two attached hydrogens (primary N) is 1. The first-order valence-corrected chi connectivity index (χ1v) is 6.25. The molecule has 0 unspecified atom stereocenters. The van der Waals surface area contributed by atoms with Gasteiger partial charge in [-0.1, -0.05) is 30.3 Å². The van der Waals surface area contributed by atoms with Gasteiger partial charge in [0.1, 0.15) is 11.5 Å². The fraction of sp³-hybridized carbons (Fsp3) is 0. The summed E-state index contributed by atoms with van der Waals surface area (Å²) in [5.41, 5.74) is 5.64. The van der Waals surface area contributed by atoms with Crippen molar-refractivity contribution in [2.75, 3.05) is 0 Å². The van der Waals surface area contributed by atoms with Crippen LogP contribution in [0.1, 0.15) is 5.56 Å². The van der Waals surface area contributed by atoms with Gasteiger partial charge in [-0.3, -0.25) is 10.1 Å². The molecule has 0 fully saturated rings. The van der Waals surface area contributed by atoms with E-state index in [1.165, 1.54) is 6.08 Å². The van der Waals surface area contributed by atoms with Gasteiger partial charge >= 0.3 is 6.03 Å². The number of benzene rings is 2. The number of carbonyl (C=O) groups is 2. The number of amides is 3. The number of hydrogen-bond donors (Lipinski definition) is 2. The minimum atomic E-state index is -0.878. The Hall–Kier alpha value is -3.08. The molecule has 0 aliphatic rings. The number of ether oxygens (including phenoxy) is 1. The minimum absolute atomic E-state index is 0.563. The van der Waals surface area contributed by atoms with Crippen LogP contribution in [0.2, 0.25) is 0 Å². The average molecular weight is 282 g/mol. The first kappa shape index (κ1) is 14.3. The third-order valence-electron chi connectivity index (χ3n) is 2.53. The number of hydrogen-bond acceptors (Lipinski definition) is 3. The fourth-order valence-electron chi connectivity index (χ4n) is 1.61. The quantitative estimate of drug-likeness (QED) is 0.846. The summed E-state index contributed by atoms with van der Waals surface area (Å²) in [5.74, 6) is 0.883. The standard InChI is InChI=1S/C16H14N2O3/c17-16(20)18-15(19)11-8-12-6-9-14(10-7-12)21-13-4-2-1-3-5-13/h1-11H,(H3,17,18,19,20). The third kappa shape index (κ3) is 4.83. The summed E-state index contributed by atoms with van der Waals surface area (Å²) in [5, 5.41) is 1.95. The molecule has 0 spiro atoms. The Morgan fingerprint density at radius 3 is 2.19 bits per heavy atom. The summed E-state index contributed by atoms with van der Waals surface area (Å²) in [7, 11) is 0. The number of nitrogens with one attached hydrogen (secondary N) is 1. The maximum absolute atomic E-state index is 11.2. The monoisotopic (exact) mass is 282 g/mol. The molecule has 0 saturated heterocycles. The van der Waals surface area contributed by atoms with Gasteiger partial charge in [-0.25, -0.2) is 4.79 Å².